The van der Waals surface area contributed by atoms with E-state index in [0.29, 0.717) is 12.4 Å². The van der Waals surface area contributed by atoms with Crippen molar-refractivity contribution in [3.63, 3.8) is 0 Å². The van der Waals surface area contributed by atoms with Crippen LogP contribution in [-0.2, 0) is 30.0 Å². The average Bonchev–Trinajstić information content (AvgIpc) is 3.42. The van der Waals surface area contributed by atoms with Crippen molar-refractivity contribution in [1.82, 2.24) is 20.2 Å². The summed E-state index contributed by atoms with van der Waals surface area (Å²) in [6.45, 7) is 23.0. The number of esters is 1. The molecule has 13 heteroatoms. The molecule has 0 fully saturated rings. The molecule has 0 radical (unpaired) electrons. The molecule has 0 bridgehead atoms. The summed E-state index contributed by atoms with van der Waals surface area (Å²) in [5.41, 5.74) is -1.41. The number of benzene rings is 2. The molecule has 1 unspecified atom stereocenters. The van der Waals surface area contributed by atoms with Gasteiger partial charge >= 0.3 is 12.1 Å². The molecule has 2 aromatic carbocycles. The number of halogens is 2. The first-order chi connectivity index (χ1) is 24.3. The quantitative estimate of drug-likeness (QED) is 0.126. The van der Waals surface area contributed by atoms with Crippen LogP contribution >= 0.6 is 0 Å². The van der Waals surface area contributed by atoms with E-state index in [1.165, 1.54) is 6.92 Å². The summed E-state index contributed by atoms with van der Waals surface area (Å²) in [5, 5.41) is 5.73. The van der Waals surface area contributed by atoms with E-state index in [2.05, 4.69) is 44.5 Å². The number of amides is 2. The topological polar surface area (TPSA) is 121 Å². The predicted molar refractivity (Wildman–Crippen MR) is 205 cm³/mol. The first-order valence-corrected chi connectivity index (χ1v) is 20.8. The van der Waals surface area contributed by atoms with Gasteiger partial charge < -0.3 is 29.1 Å². The summed E-state index contributed by atoms with van der Waals surface area (Å²) in [4.78, 5) is 43.2. The molecular formula is C40H58F2N4O6Si. The number of ether oxygens (including phenoxy) is 2. The highest BCUT2D eigenvalue weighted by molar-refractivity contribution is 6.74. The van der Waals surface area contributed by atoms with Crippen molar-refractivity contribution in [2.24, 2.45) is 10.8 Å². The number of aromatic nitrogens is 2. The van der Waals surface area contributed by atoms with E-state index < -0.39 is 66.9 Å². The van der Waals surface area contributed by atoms with E-state index in [0.717, 1.165) is 23.8 Å². The fourth-order valence-electron chi connectivity index (χ4n) is 6.02. The van der Waals surface area contributed by atoms with Crippen LogP contribution in [0.5, 0.6) is 0 Å². The molecule has 0 saturated carbocycles. The molecule has 0 aliphatic rings. The van der Waals surface area contributed by atoms with Crippen molar-refractivity contribution in [1.29, 1.82) is 0 Å². The number of imidazole rings is 1. The smallest absolute Gasteiger partial charge is 0.407 e. The van der Waals surface area contributed by atoms with Gasteiger partial charge in [-0.1, -0.05) is 71.9 Å². The number of nitrogens with zero attached hydrogens (tertiary/aromatic N) is 2. The minimum absolute atomic E-state index is 0.00425. The molecule has 0 aliphatic carbocycles. The maximum absolute atomic E-state index is 15.4. The molecule has 0 aliphatic heterocycles. The van der Waals surface area contributed by atoms with Gasteiger partial charge in [0, 0.05) is 56.3 Å². The van der Waals surface area contributed by atoms with Crippen molar-refractivity contribution in [3.05, 3.63) is 77.8 Å². The van der Waals surface area contributed by atoms with E-state index >= 15 is 4.39 Å². The second-order valence-electron chi connectivity index (χ2n) is 17.3. The molecular weight excluding hydrogens is 699 g/mol. The Kier molecular flexibility index (Phi) is 13.8. The van der Waals surface area contributed by atoms with Crippen LogP contribution in [0.4, 0.5) is 13.6 Å². The van der Waals surface area contributed by atoms with Gasteiger partial charge in [0.2, 0.25) is 0 Å². The summed E-state index contributed by atoms with van der Waals surface area (Å²) >= 11 is 0. The Bertz CT molecular complexity index is 1730. The zero-order valence-corrected chi connectivity index (χ0v) is 34.4. The molecule has 1 aromatic heterocycles. The molecule has 1 heterocycles. The van der Waals surface area contributed by atoms with Gasteiger partial charge in [-0.15, -0.1) is 0 Å². The number of hydrogen-bond acceptors (Lipinski definition) is 7. The fraction of sp³-hybridized carbons (Fsp3) is 0.550. The van der Waals surface area contributed by atoms with Crippen LogP contribution in [0.15, 0.2) is 54.7 Å². The summed E-state index contributed by atoms with van der Waals surface area (Å²) in [6.07, 6.45) is 1.04. The lowest BCUT2D eigenvalue weighted by Gasteiger charge is -2.49. The van der Waals surface area contributed by atoms with Crippen LogP contribution in [0, 0.1) is 22.5 Å². The van der Waals surface area contributed by atoms with E-state index in [1.807, 2.05) is 55.7 Å². The Morgan fingerprint density at radius 1 is 0.906 bits per heavy atom. The highest BCUT2D eigenvalue weighted by Crippen LogP contribution is 2.49. The summed E-state index contributed by atoms with van der Waals surface area (Å²) in [5.74, 6) is -2.49. The lowest BCUT2D eigenvalue weighted by molar-refractivity contribution is -0.146. The molecule has 2 N–H and O–H groups in total. The minimum Gasteiger partial charge on any atom is -0.456 e. The van der Waals surface area contributed by atoms with Crippen LogP contribution < -0.4 is 10.6 Å². The number of hydrogen-bond donors (Lipinski definition) is 2. The van der Waals surface area contributed by atoms with Gasteiger partial charge in [-0.25, -0.2) is 18.6 Å². The van der Waals surface area contributed by atoms with Crippen molar-refractivity contribution in [2.75, 3.05) is 26.3 Å². The van der Waals surface area contributed by atoms with Crippen molar-refractivity contribution >= 4 is 26.3 Å². The molecule has 53 heavy (non-hydrogen) atoms. The van der Waals surface area contributed by atoms with Crippen molar-refractivity contribution in [3.8, 4) is 11.3 Å². The highest BCUT2D eigenvalue weighted by Gasteiger charge is 2.51. The van der Waals surface area contributed by atoms with Gasteiger partial charge in [0.15, 0.2) is 14.9 Å². The summed E-state index contributed by atoms with van der Waals surface area (Å²) in [6, 6.07) is 12.9. The Labute approximate surface area is 314 Å². The second-order valence-corrected chi connectivity index (χ2v) is 22.2. The van der Waals surface area contributed by atoms with Gasteiger partial charge in [-0.05, 0) is 68.1 Å². The molecule has 10 nitrogen and oxygen atoms in total. The van der Waals surface area contributed by atoms with Crippen LogP contribution in [0.25, 0.3) is 11.3 Å². The minimum atomic E-state index is -2.48. The molecule has 292 valence electrons. The first-order valence-electron chi connectivity index (χ1n) is 17.9. The maximum atomic E-state index is 15.4. The normalized spacial score (nSPS) is 14.2. The Morgan fingerprint density at radius 3 is 2.09 bits per heavy atom. The van der Waals surface area contributed by atoms with Crippen LogP contribution in [0.1, 0.15) is 86.5 Å². The zero-order valence-electron chi connectivity index (χ0n) is 33.4. The standard InChI is InChI=1S/C40H58F2N4O6Si/c1-27(47)50-23-33(48)43-24-40(25-44-36(49)52-38(5,6)7,26-51-53(11,12)39(8,9)10)34(37(2,3)4)35-45-32(30-20-29(41)18-19-31(30)42)22-46(35)21-28-16-14-13-15-17-28/h13-20,22,34H,21,23-26H2,1-12H3,(H,43,48)(H,44,49)/t34-,40?/m1/s1. The van der Waals surface area contributed by atoms with Crippen LogP contribution in [-0.4, -0.2) is 67.7 Å². The van der Waals surface area contributed by atoms with Gasteiger partial charge in [-0.2, -0.15) is 0 Å². The van der Waals surface area contributed by atoms with Crippen molar-refractivity contribution < 1.29 is 37.1 Å². The molecule has 2 atom stereocenters. The maximum Gasteiger partial charge on any atom is 0.407 e. The number of rotatable bonds is 14. The van der Waals surface area contributed by atoms with Gasteiger partial charge in [0.1, 0.15) is 23.1 Å². The SMILES string of the molecule is CC(=O)OCC(=O)NCC(CNC(=O)OC(C)(C)C)(CO[Si](C)(C)C(C)(C)C)[C@H](c1nc(-c2cc(F)ccc2F)cn1Cc1ccccc1)C(C)(C)C. The summed E-state index contributed by atoms with van der Waals surface area (Å²) < 4.78 is 49.5. The summed E-state index contributed by atoms with van der Waals surface area (Å²) in [7, 11) is -2.48. The molecule has 3 rings (SSSR count). The second kappa shape index (κ2) is 16.9. The first kappa shape index (κ1) is 43.3. The van der Waals surface area contributed by atoms with Crippen molar-refractivity contribution in [2.45, 2.75) is 105 Å². The lowest BCUT2D eigenvalue weighted by atomic mass is 9.63. The third-order valence-corrected chi connectivity index (χ3v) is 14.0. The third kappa shape index (κ3) is 12.2. The predicted octanol–water partition coefficient (Wildman–Crippen LogP) is 8.22. The Morgan fingerprint density at radius 2 is 1.53 bits per heavy atom. The highest BCUT2D eigenvalue weighted by atomic mass is 28.4. The largest absolute Gasteiger partial charge is 0.456 e. The van der Waals surface area contributed by atoms with E-state index in [-0.39, 0.29) is 36.0 Å². The Balaban J connectivity index is 2.37. The van der Waals surface area contributed by atoms with Gasteiger partial charge in [-0.3, -0.25) is 9.59 Å². The van der Waals surface area contributed by atoms with E-state index in [9.17, 15) is 18.8 Å². The molecule has 0 spiro atoms. The number of alkyl carbamates (subject to hydrolysis) is 1. The zero-order chi connectivity index (χ0) is 40.0. The van der Waals surface area contributed by atoms with Gasteiger partial charge in [0.25, 0.3) is 5.91 Å². The van der Waals surface area contributed by atoms with Crippen LogP contribution in [0.2, 0.25) is 18.1 Å². The fourth-order valence-corrected chi connectivity index (χ4v) is 7.10. The third-order valence-electron chi connectivity index (χ3n) is 9.50. The number of carbonyl (C=O) groups is 3. The lowest BCUT2D eigenvalue weighted by Crippen LogP contribution is -2.57. The van der Waals surface area contributed by atoms with E-state index in [1.54, 1.807) is 27.0 Å². The number of nitrogens with one attached hydrogen (secondary N) is 2. The van der Waals surface area contributed by atoms with E-state index in [4.69, 9.17) is 18.9 Å². The van der Waals surface area contributed by atoms with Crippen LogP contribution in [0.3, 0.4) is 0 Å². The molecule has 2 amide bonds. The average molecular weight is 757 g/mol. The monoisotopic (exact) mass is 756 g/mol. The molecule has 3 aromatic rings. The Hall–Kier alpha value is -4.10. The van der Waals surface area contributed by atoms with Gasteiger partial charge in [0.05, 0.1) is 5.69 Å². The molecule has 0 saturated heterocycles. The number of carbonyl (C=O) groups excluding carboxylic acids is 3.